The summed E-state index contributed by atoms with van der Waals surface area (Å²) in [4.78, 5) is 2.38. The molecule has 0 radical (unpaired) electrons. The maximum Gasteiger partial charge on any atom is 0.0991 e. The van der Waals surface area contributed by atoms with Gasteiger partial charge in [0.2, 0.25) is 0 Å². The van der Waals surface area contributed by atoms with Gasteiger partial charge < -0.3 is 10.0 Å². The van der Waals surface area contributed by atoms with Crippen LogP contribution in [0, 0.1) is 11.3 Å². The fraction of sp³-hybridized carbons (Fsp3) is 0.632. The monoisotopic (exact) mass is 334 g/mol. The van der Waals surface area contributed by atoms with Crippen LogP contribution >= 0.6 is 11.8 Å². The van der Waals surface area contributed by atoms with Gasteiger partial charge in [0.05, 0.1) is 18.2 Å². The van der Waals surface area contributed by atoms with E-state index in [1.807, 2.05) is 23.9 Å². The fourth-order valence-electron chi connectivity index (χ4n) is 2.52. The number of benzene rings is 1. The van der Waals surface area contributed by atoms with Gasteiger partial charge in [-0.3, -0.25) is 0 Å². The molecule has 0 aliphatic heterocycles. The minimum Gasteiger partial charge on any atom is -0.395 e. The Morgan fingerprint density at radius 1 is 1.04 bits per heavy atom. The van der Waals surface area contributed by atoms with Crippen molar-refractivity contribution in [1.29, 1.82) is 5.26 Å². The molecule has 0 saturated carbocycles. The standard InChI is InChI=1S/C19H30N2OS/c1-2-15-23-16-5-12-21(13-14-22)11-4-3-6-18-7-9-19(17-20)10-8-18/h7-10,22H,2-6,11-16H2,1H3. The quantitative estimate of drug-likeness (QED) is 0.559. The zero-order chi connectivity index (χ0) is 16.8. The van der Waals surface area contributed by atoms with Gasteiger partial charge in [0.15, 0.2) is 0 Å². The van der Waals surface area contributed by atoms with Crippen molar-refractivity contribution in [2.75, 3.05) is 37.7 Å². The van der Waals surface area contributed by atoms with Crippen molar-refractivity contribution in [2.45, 2.75) is 39.0 Å². The first-order chi connectivity index (χ1) is 11.3. The van der Waals surface area contributed by atoms with E-state index in [9.17, 15) is 5.11 Å². The number of hydrogen-bond donors (Lipinski definition) is 1. The highest BCUT2D eigenvalue weighted by molar-refractivity contribution is 7.99. The van der Waals surface area contributed by atoms with Crippen LogP contribution in [0.2, 0.25) is 0 Å². The maximum absolute atomic E-state index is 9.19. The summed E-state index contributed by atoms with van der Waals surface area (Å²) in [6.45, 7) is 5.41. The lowest BCUT2D eigenvalue weighted by molar-refractivity contribution is 0.194. The predicted molar refractivity (Wildman–Crippen MR) is 99.9 cm³/mol. The first-order valence-corrected chi connectivity index (χ1v) is 9.85. The number of aryl methyl sites for hydroxylation is 1. The molecule has 1 aromatic carbocycles. The van der Waals surface area contributed by atoms with Gasteiger partial charge in [0.1, 0.15) is 0 Å². The molecule has 0 aliphatic rings. The number of aliphatic hydroxyl groups is 1. The van der Waals surface area contributed by atoms with E-state index in [4.69, 9.17) is 5.26 Å². The number of nitriles is 1. The Bertz CT molecular complexity index is 442. The van der Waals surface area contributed by atoms with Crippen molar-refractivity contribution >= 4 is 11.8 Å². The van der Waals surface area contributed by atoms with Crippen molar-refractivity contribution in [3.8, 4) is 6.07 Å². The lowest BCUT2D eigenvalue weighted by atomic mass is 10.1. The summed E-state index contributed by atoms with van der Waals surface area (Å²) in [6, 6.07) is 10.0. The minimum absolute atomic E-state index is 0.248. The second kappa shape index (κ2) is 13.4. The summed E-state index contributed by atoms with van der Waals surface area (Å²) in [7, 11) is 0. The van der Waals surface area contributed by atoms with Crippen molar-refractivity contribution in [3.05, 3.63) is 35.4 Å². The summed E-state index contributed by atoms with van der Waals surface area (Å²) < 4.78 is 0. The fourth-order valence-corrected chi connectivity index (χ4v) is 3.35. The summed E-state index contributed by atoms with van der Waals surface area (Å²) in [5, 5.41) is 18.0. The Morgan fingerprint density at radius 2 is 1.78 bits per heavy atom. The average Bonchev–Trinajstić information content (AvgIpc) is 2.59. The van der Waals surface area contributed by atoms with Gasteiger partial charge in [-0.1, -0.05) is 19.1 Å². The van der Waals surface area contributed by atoms with Gasteiger partial charge in [-0.2, -0.15) is 17.0 Å². The van der Waals surface area contributed by atoms with E-state index < -0.39 is 0 Å². The van der Waals surface area contributed by atoms with Crippen molar-refractivity contribution in [1.82, 2.24) is 4.90 Å². The third-order valence-corrected chi connectivity index (χ3v) is 5.07. The van der Waals surface area contributed by atoms with Crippen molar-refractivity contribution in [2.24, 2.45) is 0 Å². The lowest BCUT2D eigenvalue weighted by Gasteiger charge is -2.21. The Labute approximate surface area is 145 Å². The van der Waals surface area contributed by atoms with Gasteiger partial charge in [-0.05, 0) is 74.4 Å². The van der Waals surface area contributed by atoms with E-state index in [1.165, 1.54) is 29.9 Å². The molecule has 0 amide bonds. The average molecular weight is 335 g/mol. The number of unbranched alkanes of at least 4 members (excludes halogenated alkanes) is 1. The highest BCUT2D eigenvalue weighted by Gasteiger charge is 2.04. The molecular formula is C19H30N2OS. The number of rotatable bonds is 13. The number of nitrogens with zero attached hydrogens (tertiary/aromatic N) is 2. The van der Waals surface area contributed by atoms with Crippen molar-refractivity contribution in [3.63, 3.8) is 0 Å². The van der Waals surface area contributed by atoms with Gasteiger partial charge >= 0.3 is 0 Å². The third kappa shape index (κ3) is 9.65. The summed E-state index contributed by atoms with van der Waals surface area (Å²) in [5.41, 5.74) is 2.03. The molecule has 0 spiro atoms. The second-order valence-electron chi connectivity index (χ2n) is 5.80. The normalized spacial score (nSPS) is 10.9. The van der Waals surface area contributed by atoms with Gasteiger partial charge in [0.25, 0.3) is 0 Å². The lowest BCUT2D eigenvalue weighted by Crippen LogP contribution is -2.29. The van der Waals surface area contributed by atoms with Gasteiger partial charge in [-0.15, -0.1) is 0 Å². The van der Waals surface area contributed by atoms with E-state index in [0.29, 0.717) is 0 Å². The summed E-state index contributed by atoms with van der Waals surface area (Å²) >= 11 is 2.03. The predicted octanol–water partition coefficient (Wildman–Crippen LogP) is 3.71. The zero-order valence-corrected chi connectivity index (χ0v) is 15.2. The van der Waals surface area contributed by atoms with E-state index in [0.717, 1.165) is 44.5 Å². The van der Waals surface area contributed by atoms with Gasteiger partial charge in [0, 0.05) is 6.54 Å². The Morgan fingerprint density at radius 3 is 2.43 bits per heavy atom. The highest BCUT2D eigenvalue weighted by Crippen LogP contribution is 2.09. The molecule has 1 aromatic rings. The number of thioether (sulfide) groups is 1. The Kier molecular flexibility index (Phi) is 11.7. The van der Waals surface area contributed by atoms with Crippen LogP contribution in [0.1, 0.15) is 43.7 Å². The SMILES string of the molecule is CCCSCCCN(CCO)CCCCc1ccc(C#N)cc1. The molecular weight excluding hydrogens is 304 g/mol. The van der Waals surface area contributed by atoms with Crippen LogP contribution in [0.3, 0.4) is 0 Å². The molecule has 0 aromatic heterocycles. The third-order valence-electron chi connectivity index (χ3n) is 3.80. The molecule has 0 aliphatic carbocycles. The molecule has 0 atom stereocenters. The van der Waals surface area contributed by atoms with Crippen LogP contribution in [0.4, 0.5) is 0 Å². The van der Waals surface area contributed by atoms with Crippen LogP contribution in [0.25, 0.3) is 0 Å². The van der Waals surface area contributed by atoms with E-state index in [2.05, 4.69) is 30.0 Å². The smallest absolute Gasteiger partial charge is 0.0991 e. The maximum atomic E-state index is 9.19. The topological polar surface area (TPSA) is 47.3 Å². The molecule has 0 bridgehead atoms. The summed E-state index contributed by atoms with van der Waals surface area (Å²) in [6.07, 6.45) is 5.83. The molecule has 128 valence electrons. The number of hydrogen-bond acceptors (Lipinski definition) is 4. The molecule has 4 heteroatoms. The largest absolute Gasteiger partial charge is 0.395 e. The first-order valence-electron chi connectivity index (χ1n) is 8.70. The van der Waals surface area contributed by atoms with Crippen molar-refractivity contribution < 1.29 is 5.11 Å². The molecule has 1 N–H and O–H groups in total. The number of aliphatic hydroxyl groups excluding tert-OH is 1. The van der Waals surface area contributed by atoms with E-state index in [-0.39, 0.29) is 6.61 Å². The van der Waals surface area contributed by atoms with Crippen LogP contribution in [0.5, 0.6) is 0 Å². The Balaban J connectivity index is 2.17. The Hall–Kier alpha value is -1.02. The van der Waals surface area contributed by atoms with Crippen LogP contribution in [-0.2, 0) is 6.42 Å². The first kappa shape index (κ1) is 20.0. The second-order valence-corrected chi connectivity index (χ2v) is 7.02. The van der Waals surface area contributed by atoms with Gasteiger partial charge in [-0.25, -0.2) is 0 Å². The van der Waals surface area contributed by atoms with Crippen LogP contribution in [0.15, 0.2) is 24.3 Å². The summed E-state index contributed by atoms with van der Waals surface area (Å²) in [5.74, 6) is 2.48. The molecule has 0 fully saturated rings. The molecule has 0 saturated heterocycles. The molecule has 1 rings (SSSR count). The minimum atomic E-state index is 0.248. The molecule has 0 heterocycles. The van der Waals surface area contributed by atoms with E-state index in [1.54, 1.807) is 0 Å². The highest BCUT2D eigenvalue weighted by atomic mass is 32.2. The van der Waals surface area contributed by atoms with Crippen LogP contribution in [-0.4, -0.2) is 47.8 Å². The zero-order valence-electron chi connectivity index (χ0n) is 14.3. The van der Waals surface area contributed by atoms with Crippen LogP contribution < -0.4 is 0 Å². The van der Waals surface area contributed by atoms with E-state index >= 15 is 0 Å². The molecule has 0 unspecified atom stereocenters. The molecule has 23 heavy (non-hydrogen) atoms. The molecule has 3 nitrogen and oxygen atoms in total.